The normalized spacial score (nSPS) is 19.8. The van der Waals surface area contributed by atoms with Gasteiger partial charge in [0, 0.05) is 17.1 Å². The van der Waals surface area contributed by atoms with Crippen molar-refractivity contribution in [2.45, 2.75) is 52.0 Å². The smallest absolute Gasteiger partial charge is 0.399 e. The van der Waals surface area contributed by atoms with Crippen LogP contribution in [0.15, 0.2) is 30.3 Å². The number of halogens is 3. The first-order valence-corrected chi connectivity index (χ1v) is 9.78. The zero-order chi connectivity index (χ0) is 21.1. The van der Waals surface area contributed by atoms with E-state index in [1.165, 1.54) is 17.0 Å². The molecule has 4 rings (SSSR count). The van der Waals surface area contributed by atoms with Crippen LogP contribution in [0.3, 0.4) is 0 Å². The fourth-order valence-electron chi connectivity index (χ4n) is 3.58. The van der Waals surface area contributed by atoms with Crippen molar-refractivity contribution in [1.82, 2.24) is 4.90 Å². The number of carbonyl (C=O) groups is 1. The largest absolute Gasteiger partial charge is 0.494 e. The Hall–Kier alpha value is -1.96. The van der Waals surface area contributed by atoms with E-state index in [4.69, 9.17) is 20.9 Å². The van der Waals surface area contributed by atoms with Crippen molar-refractivity contribution in [2.24, 2.45) is 0 Å². The van der Waals surface area contributed by atoms with Crippen LogP contribution >= 0.6 is 11.6 Å². The maximum Gasteiger partial charge on any atom is 0.494 e. The number of fused-ring (bicyclic) bond motifs is 1. The molecular weight excluding hydrogens is 398 g/mol. The Labute approximate surface area is 173 Å². The van der Waals surface area contributed by atoms with Gasteiger partial charge in [-0.3, -0.25) is 4.79 Å². The van der Waals surface area contributed by atoms with Gasteiger partial charge in [0.05, 0.1) is 23.3 Å². The predicted octanol–water partition coefficient (Wildman–Crippen LogP) is 4.07. The molecule has 29 heavy (non-hydrogen) atoms. The summed E-state index contributed by atoms with van der Waals surface area (Å²) in [6.45, 7) is 7.80. The van der Waals surface area contributed by atoms with Gasteiger partial charge in [-0.05, 0) is 56.9 Å². The molecule has 2 aromatic rings. The second-order valence-corrected chi connectivity index (χ2v) is 8.89. The highest BCUT2D eigenvalue weighted by Gasteiger charge is 2.52. The predicted molar refractivity (Wildman–Crippen MR) is 107 cm³/mol. The highest BCUT2D eigenvalue weighted by molar-refractivity contribution is 6.62. The summed E-state index contributed by atoms with van der Waals surface area (Å²) in [6, 6.07) is 7.40. The van der Waals surface area contributed by atoms with Crippen molar-refractivity contribution >= 4 is 30.1 Å². The standard InChI is InChI=1S/C21H21BClF2NO3/c1-20(2)21(3,4)29-22(28-20)13-8-15(23)14(17(25)9-13)11-26-10-12-6-5-7-16(24)18(12)19(26)27/h5-9H,10-11H2,1-4H3. The van der Waals surface area contributed by atoms with E-state index >= 15 is 0 Å². The molecule has 8 heteroatoms. The lowest BCUT2D eigenvalue weighted by Crippen LogP contribution is -2.41. The van der Waals surface area contributed by atoms with Crippen LogP contribution in [0.25, 0.3) is 0 Å². The van der Waals surface area contributed by atoms with Gasteiger partial charge in [0.2, 0.25) is 0 Å². The second-order valence-electron chi connectivity index (χ2n) is 8.49. The van der Waals surface area contributed by atoms with E-state index in [1.807, 2.05) is 27.7 Å². The van der Waals surface area contributed by atoms with E-state index in [9.17, 15) is 13.6 Å². The molecule has 2 heterocycles. The molecule has 0 unspecified atom stereocenters. The number of amides is 1. The van der Waals surface area contributed by atoms with E-state index in [1.54, 1.807) is 18.2 Å². The summed E-state index contributed by atoms with van der Waals surface area (Å²) in [5, 5.41) is 0.166. The quantitative estimate of drug-likeness (QED) is 0.704. The van der Waals surface area contributed by atoms with E-state index in [-0.39, 0.29) is 29.2 Å². The summed E-state index contributed by atoms with van der Waals surface area (Å²) in [7, 11) is -0.743. The van der Waals surface area contributed by atoms with Gasteiger partial charge >= 0.3 is 7.12 Å². The molecule has 0 saturated carbocycles. The average Bonchev–Trinajstić information content (AvgIpc) is 3.04. The number of carbonyl (C=O) groups excluding carboxylic acids is 1. The molecule has 4 nitrogen and oxygen atoms in total. The fraction of sp³-hybridized carbons (Fsp3) is 0.381. The summed E-state index contributed by atoms with van der Waals surface area (Å²) in [5.74, 6) is -1.60. The third-order valence-electron chi connectivity index (χ3n) is 6.00. The summed E-state index contributed by atoms with van der Waals surface area (Å²) in [6.07, 6.45) is 0. The molecule has 152 valence electrons. The van der Waals surface area contributed by atoms with Crippen LogP contribution in [-0.4, -0.2) is 29.1 Å². The molecule has 1 amide bonds. The lowest BCUT2D eigenvalue weighted by Gasteiger charge is -2.32. The number of rotatable bonds is 3. The molecule has 2 aliphatic rings. The third kappa shape index (κ3) is 3.35. The molecule has 0 radical (unpaired) electrons. The highest BCUT2D eigenvalue weighted by atomic mass is 35.5. The molecule has 0 spiro atoms. The second kappa shape index (κ2) is 6.79. The van der Waals surface area contributed by atoms with E-state index in [2.05, 4.69) is 0 Å². The van der Waals surface area contributed by atoms with E-state index < -0.39 is 35.9 Å². The van der Waals surface area contributed by atoms with E-state index in [0.29, 0.717) is 11.0 Å². The van der Waals surface area contributed by atoms with Crippen LogP contribution in [-0.2, 0) is 22.4 Å². The van der Waals surface area contributed by atoms with Gasteiger partial charge in [0.1, 0.15) is 11.6 Å². The van der Waals surface area contributed by atoms with Gasteiger partial charge in [-0.1, -0.05) is 23.7 Å². The van der Waals surface area contributed by atoms with Crippen molar-refractivity contribution in [3.63, 3.8) is 0 Å². The Morgan fingerprint density at radius 3 is 2.34 bits per heavy atom. The Balaban J connectivity index is 1.58. The van der Waals surface area contributed by atoms with E-state index in [0.717, 1.165) is 0 Å². The van der Waals surface area contributed by atoms with Crippen molar-refractivity contribution in [2.75, 3.05) is 0 Å². The van der Waals surface area contributed by atoms with Crippen LogP contribution < -0.4 is 5.46 Å². The molecule has 0 aromatic heterocycles. The molecule has 1 saturated heterocycles. The monoisotopic (exact) mass is 419 g/mol. The van der Waals surface area contributed by atoms with Crippen molar-refractivity contribution < 1.29 is 22.9 Å². The van der Waals surface area contributed by atoms with Crippen LogP contribution in [0.5, 0.6) is 0 Å². The summed E-state index contributed by atoms with van der Waals surface area (Å²) >= 11 is 6.36. The van der Waals surface area contributed by atoms with Gasteiger partial charge in [0.25, 0.3) is 5.91 Å². The van der Waals surface area contributed by atoms with Crippen molar-refractivity contribution in [3.05, 3.63) is 63.7 Å². The Bertz CT molecular complexity index is 972. The Morgan fingerprint density at radius 1 is 1.10 bits per heavy atom. The molecule has 0 aliphatic carbocycles. The topological polar surface area (TPSA) is 38.8 Å². The number of hydrogen-bond donors (Lipinski definition) is 0. The first-order chi connectivity index (χ1) is 13.5. The Morgan fingerprint density at radius 2 is 1.76 bits per heavy atom. The van der Waals surface area contributed by atoms with Gasteiger partial charge in [-0.2, -0.15) is 0 Å². The number of hydrogen-bond acceptors (Lipinski definition) is 3. The Kier molecular flexibility index (Phi) is 4.76. The van der Waals surface area contributed by atoms with Crippen molar-refractivity contribution in [3.8, 4) is 0 Å². The third-order valence-corrected chi connectivity index (χ3v) is 6.34. The highest BCUT2D eigenvalue weighted by Crippen LogP contribution is 2.37. The van der Waals surface area contributed by atoms with Crippen LogP contribution in [0.2, 0.25) is 5.02 Å². The summed E-state index contributed by atoms with van der Waals surface area (Å²) < 4.78 is 40.8. The molecule has 0 bridgehead atoms. The van der Waals surface area contributed by atoms with Crippen LogP contribution in [0.1, 0.15) is 49.2 Å². The first-order valence-electron chi connectivity index (χ1n) is 9.40. The summed E-state index contributed by atoms with van der Waals surface area (Å²) in [4.78, 5) is 13.9. The fourth-order valence-corrected chi connectivity index (χ4v) is 3.86. The minimum absolute atomic E-state index is 0.0397. The zero-order valence-corrected chi connectivity index (χ0v) is 17.4. The average molecular weight is 420 g/mol. The maximum atomic E-state index is 14.9. The minimum atomic E-state index is -0.743. The molecule has 0 N–H and O–H groups in total. The van der Waals surface area contributed by atoms with Gasteiger partial charge in [-0.25, -0.2) is 8.78 Å². The summed E-state index contributed by atoms with van der Waals surface area (Å²) in [5.41, 5.74) is 0.150. The van der Waals surface area contributed by atoms with Crippen molar-refractivity contribution in [1.29, 1.82) is 0 Å². The maximum absolute atomic E-state index is 14.9. The van der Waals surface area contributed by atoms with Gasteiger partial charge in [-0.15, -0.1) is 0 Å². The van der Waals surface area contributed by atoms with Gasteiger partial charge in [0.15, 0.2) is 0 Å². The lowest BCUT2D eigenvalue weighted by molar-refractivity contribution is 0.00578. The number of benzene rings is 2. The zero-order valence-electron chi connectivity index (χ0n) is 16.7. The minimum Gasteiger partial charge on any atom is -0.399 e. The molecule has 1 fully saturated rings. The molecular formula is C21H21BClF2NO3. The van der Waals surface area contributed by atoms with Gasteiger partial charge < -0.3 is 14.2 Å². The SMILES string of the molecule is CC1(C)OB(c2cc(F)c(CN3Cc4cccc(F)c4C3=O)c(Cl)c2)OC1(C)C. The molecule has 2 aliphatic heterocycles. The lowest BCUT2D eigenvalue weighted by atomic mass is 9.78. The number of nitrogens with zero attached hydrogens (tertiary/aromatic N) is 1. The first kappa shape index (κ1) is 20.3. The molecule has 2 aromatic carbocycles. The van der Waals surface area contributed by atoms with Crippen LogP contribution in [0, 0.1) is 11.6 Å². The van der Waals surface area contributed by atoms with Crippen LogP contribution in [0.4, 0.5) is 8.78 Å². The molecule has 0 atom stereocenters.